The molecule has 2 rings (SSSR count). The average Bonchev–Trinajstić information content (AvgIpc) is 2.63. The van der Waals surface area contributed by atoms with Gasteiger partial charge < -0.3 is 5.32 Å². The van der Waals surface area contributed by atoms with Crippen LogP contribution in [0.3, 0.4) is 0 Å². The van der Waals surface area contributed by atoms with E-state index in [0.717, 1.165) is 24.0 Å². The molecule has 2 aromatic carbocycles. The molecular weight excluding hydrogens is 396 g/mol. The van der Waals surface area contributed by atoms with E-state index in [1.807, 2.05) is 45.0 Å². The smallest absolute Gasteiger partial charge is 0.243 e. The third-order valence-electron chi connectivity index (χ3n) is 4.38. The van der Waals surface area contributed by atoms with E-state index < -0.39 is 10.0 Å². The van der Waals surface area contributed by atoms with Gasteiger partial charge in [-0.05, 0) is 50.1 Å². The van der Waals surface area contributed by atoms with Crippen molar-refractivity contribution in [2.75, 3.05) is 6.54 Å². The summed E-state index contributed by atoms with van der Waals surface area (Å²) in [5, 5.41) is 3.33. The molecule has 28 heavy (non-hydrogen) atoms. The molecule has 1 N–H and O–H groups in total. The average molecular weight is 423 g/mol. The van der Waals surface area contributed by atoms with Crippen LogP contribution < -0.4 is 5.32 Å². The molecule has 0 aromatic heterocycles. The standard InChI is InChI=1S/C21H27ClN2O3S/c1-4-5-17(3)23-21(25)15-24(14-18-8-6-16(2)7-9-18)28(26,27)20-12-10-19(22)11-13-20/h6-13,17H,4-5,14-15H2,1-3H3,(H,23,25)/t17-/m0/s1. The maximum absolute atomic E-state index is 13.2. The molecule has 0 radical (unpaired) electrons. The minimum Gasteiger partial charge on any atom is -0.353 e. The lowest BCUT2D eigenvalue weighted by molar-refractivity contribution is -0.122. The number of aryl methyl sites for hydroxylation is 1. The van der Waals surface area contributed by atoms with Crippen molar-refractivity contribution in [3.05, 3.63) is 64.7 Å². The molecule has 0 fully saturated rings. The number of hydrogen-bond acceptors (Lipinski definition) is 3. The van der Waals surface area contributed by atoms with Crippen LogP contribution in [-0.2, 0) is 21.4 Å². The Bertz CT molecular complexity index is 881. The maximum Gasteiger partial charge on any atom is 0.243 e. The van der Waals surface area contributed by atoms with Gasteiger partial charge in [-0.2, -0.15) is 4.31 Å². The van der Waals surface area contributed by atoms with Crippen LogP contribution in [0.5, 0.6) is 0 Å². The van der Waals surface area contributed by atoms with Gasteiger partial charge in [0.1, 0.15) is 0 Å². The predicted molar refractivity (Wildman–Crippen MR) is 113 cm³/mol. The number of nitrogens with zero attached hydrogens (tertiary/aromatic N) is 1. The van der Waals surface area contributed by atoms with Crippen LogP contribution in [0.15, 0.2) is 53.4 Å². The highest BCUT2D eigenvalue weighted by atomic mass is 35.5. The number of rotatable bonds is 9. The van der Waals surface area contributed by atoms with Crippen LogP contribution in [0.1, 0.15) is 37.8 Å². The number of hydrogen-bond donors (Lipinski definition) is 1. The van der Waals surface area contributed by atoms with Gasteiger partial charge in [0.05, 0.1) is 11.4 Å². The summed E-state index contributed by atoms with van der Waals surface area (Å²) in [5.41, 5.74) is 1.90. The highest BCUT2D eigenvalue weighted by molar-refractivity contribution is 7.89. The van der Waals surface area contributed by atoms with Gasteiger partial charge in [0.2, 0.25) is 15.9 Å². The molecule has 1 amide bonds. The van der Waals surface area contributed by atoms with Crippen LogP contribution in [0.2, 0.25) is 5.02 Å². The molecular formula is C21H27ClN2O3S. The van der Waals surface area contributed by atoms with Gasteiger partial charge in [0, 0.05) is 17.6 Å². The van der Waals surface area contributed by atoms with Crippen LogP contribution in [-0.4, -0.2) is 31.2 Å². The van der Waals surface area contributed by atoms with E-state index in [0.29, 0.717) is 5.02 Å². The fourth-order valence-corrected chi connectivity index (χ4v) is 4.37. The Morgan fingerprint density at radius 1 is 1.11 bits per heavy atom. The fraction of sp³-hybridized carbons (Fsp3) is 0.381. The van der Waals surface area contributed by atoms with E-state index in [9.17, 15) is 13.2 Å². The lowest BCUT2D eigenvalue weighted by Gasteiger charge is -2.23. The molecule has 2 aromatic rings. The van der Waals surface area contributed by atoms with E-state index in [2.05, 4.69) is 5.32 Å². The van der Waals surface area contributed by atoms with Crippen LogP contribution in [0, 0.1) is 6.92 Å². The van der Waals surface area contributed by atoms with E-state index in [1.54, 1.807) is 0 Å². The molecule has 0 aliphatic rings. The summed E-state index contributed by atoms with van der Waals surface area (Å²) in [6, 6.07) is 13.6. The molecule has 0 aliphatic carbocycles. The normalized spacial score (nSPS) is 12.8. The summed E-state index contributed by atoms with van der Waals surface area (Å²) in [5.74, 6) is -0.314. The summed E-state index contributed by atoms with van der Waals surface area (Å²) in [4.78, 5) is 12.6. The lowest BCUT2D eigenvalue weighted by atomic mass is 10.1. The first-order valence-electron chi connectivity index (χ1n) is 9.33. The summed E-state index contributed by atoms with van der Waals surface area (Å²) >= 11 is 5.88. The van der Waals surface area contributed by atoms with Crippen molar-refractivity contribution in [3.63, 3.8) is 0 Å². The number of benzene rings is 2. The number of sulfonamides is 1. The van der Waals surface area contributed by atoms with Crippen molar-refractivity contribution in [2.45, 2.75) is 51.1 Å². The Kier molecular flexibility index (Phi) is 8.04. The van der Waals surface area contributed by atoms with Crippen molar-refractivity contribution >= 4 is 27.5 Å². The second kappa shape index (κ2) is 10.0. The molecule has 152 valence electrons. The van der Waals surface area contributed by atoms with Gasteiger partial charge in [-0.15, -0.1) is 0 Å². The number of halogens is 1. The zero-order valence-electron chi connectivity index (χ0n) is 16.5. The van der Waals surface area contributed by atoms with Crippen molar-refractivity contribution in [3.8, 4) is 0 Å². The van der Waals surface area contributed by atoms with Crippen molar-refractivity contribution in [2.24, 2.45) is 0 Å². The van der Waals surface area contributed by atoms with Crippen LogP contribution in [0.4, 0.5) is 0 Å². The monoisotopic (exact) mass is 422 g/mol. The minimum atomic E-state index is -3.86. The SMILES string of the molecule is CCC[C@H](C)NC(=O)CN(Cc1ccc(C)cc1)S(=O)(=O)c1ccc(Cl)cc1. The van der Waals surface area contributed by atoms with Crippen LogP contribution in [0.25, 0.3) is 0 Å². The summed E-state index contributed by atoms with van der Waals surface area (Å²) in [6.07, 6.45) is 1.78. The first kappa shape index (κ1) is 22.4. The molecule has 0 unspecified atom stereocenters. The van der Waals surface area contributed by atoms with Gasteiger partial charge in [0.25, 0.3) is 0 Å². The number of carbonyl (C=O) groups is 1. The quantitative estimate of drug-likeness (QED) is 0.660. The maximum atomic E-state index is 13.2. The van der Waals surface area contributed by atoms with Crippen molar-refractivity contribution in [1.29, 1.82) is 0 Å². The Hall–Kier alpha value is -1.89. The van der Waals surface area contributed by atoms with Crippen molar-refractivity contribution < 1.29 is 13.2 Å². The lowest BCUT2D eigenvalue weighted by Crippen LogP contribution is -2.43. The second-order valence-corrected chi connectivity index (χ2v) is 9.34. The number of carbonyl (C=O) groups excluding carboxylic acids is 1. The summed E-state index contributed by atoms with van der Waals surface area (Å²) < 4.78 is 27.5. The topological polar surface area (TPSA) is 66.5 Å². The van der Waals surface area contributed by atoms with E-state index in [-0.39, 0.29) is 29.9 Å². The third-order valence-corrected chi connectivity index (χ3v) is 6.44. The molecule has 0 aliphatic heterocycles. The highest BCUT2D eigenvalue weighted by Gasteiger charge is 2.27. The molecule has 1 atom stereocenters. The van der Waals surface area contributed by atoms with Gasteiger partial charge in [-0.25, -0.2) is 8.42 Å². The highest BCUT2D eigenvalue weighted by Crippen LogP contribution is 2.20. The molecule has 0 bridgehead atoms. The first-order valence-corrected chi connectivity index (χ1v) is 11.1. The minimum absolute atomic E-state index is 0.00281. The Morgan fingerprint density at radius 2 is 1.71 bits per heavy atom. The molecule has 0 heterocycles. The second-order valence-electron chi connectivity index (χ2n) is 6.97. The summed E-state index contributed by atoms with van der Waals surface area (Å²) in [6.45, 7) is 5.79. The van der Waals surface area contributed by atoms with Gasteiger partial charge in [-0.3, -0.25) is 4.79 Å². The summed E-state index contributed by atoms with van der Waals surface area (Å²) in [7, 11) is -3.86. The third kappa shape index (κ3) is 6.33. The van der Waals surface area contributed by atoms with Gasteiger partial charge in [0.15, 0.2) is 0 Å². The van der Waals surface area contributed by atoms with E-state index in [4.69, 9.17) is 11.6 Å². The molecule has 5 nitrogen and oxygen atoms in total. The van der Waals surface area contributed by atoms with Gasteiger partial charge in [-0.1, -0.05) is 54.8 Å². The largest absolute Gasteiger partial charge is 0.353 e. The van der Waals surface area contributed by atoms with E-state index >= 15 is 0 Å². The van der Waals surface area contributed by atoms with Crippen LogP contribution >= 0.6 is 11.6 Å². The van der Waals surface area contributed by atoms with E-state index in [1.165, 1.54) is 28.6 Å². The Labute approximate surface area is 172 Å². The van der Waals surface area contributed by atoms with Crippen molar-refractivity contribution in [1.82, 2.24) is 9.62 Å². The molecule has 0 saturated carbocycles. The Balaban J connectivity index is 2.27. The number of nitrogens with one attached hydrogen (secondary N) is 1. The predicted octanol–water partition coefficient (Wildman–Crippen LogP) is 4.14. The Morgan fingerprint density at radius 3 is 2.29 bits per heavy atom. The molecule has 0 saturated heterocycles. The van der Waals surface area contributed by atoms with Gasteiger partial charge >= 0.3 is 0 Å². The molecule has 7 heteroatoms. The first-order chi connectivity index (χ1) is 13.2. The zero-order valence-corrected chi connectivity index (χ0v) is 18.1. The molecule has 0 spiro atoms. The fourth-order valence-electron chi connectivity index (χ4n) is 2.86. The number of amides is 1. The zero-order chi connectivity index (χ0) is 20.7.